The van der Waals surface area contributed by atoms with E-state index in [1.54, 1.807) is 6.20 Å². The number of likely N-dealkylation sites (N-methyl/N-ethyl adjacent to an activating group) is 1. The summed E-state index contributed by atoms with van der Waals surface area (Å²) in [6.07, 6.45) is 1.07. The van der Waals surface area contributed by atoms with Crippen LogP contribution in [0.2, 0.25) is 0 Å². The lowest BCUT2D eigenvalue weighted by Gasteiger charge is -2.41. The Hall–Kier alpha value is -1.13. The van der Waals surface area contributed by atoms with Crippen molar-refractivity contribution in [1.82, 2.24) is 9.88 Å². The smallest absolute Gasteiger partial charge is 0.129 e. The Balaban J connectivity index is 3.12. The third kappa shape index (κ3) is 2.82. The second kappa shape index (κ2) is 5.67. The van der Waals surface area contributed by atoms with E-state index in [1.165, 1.54) is 0 Å². The van der Waals surface area contributed by atoms with Gasteiger partial charge in [0.25, 0.3) is 0 Å². The normalized spacial score (nSPS) is 13.9. The monoisotopic (exact) mass is 251 g/mol. The predicted molar refractivity (Wildman–Crippen MR) is 75.3 cm³/mol. The van der Waals surface area contributed by atoms with Gasteiger partial charge in [0.1, 0.15) is 11.9 Å². The number of nitrogens with two attached hydrogens (primary N) is 1. The lowest BCUT2D eigenvalue weighted by molar-refractivity contribution is -0.00602. The number of aromatic nitrogens is 1. The summed E-state index contributed by atoms with van der Waals surface area (Å²) >= 11 is 0. The van der Waals surface area contributed by atoms with E-state index in [1.807, 2.05) is 26.8 Å². The molecule has 4 nitrogen and oxygen atoms in total. The first kappa shape index (κ1) is 14.9. The number of hydrogen-bond donors (Lipinski definition) is 2. The van der Waals surface area contributed by atoms with Gasteiger partial charge in [-0.25, -0.2) is 4.98 Å². The Labute approximate surface area is 110 Å². The minimum Gasteiger partial charge on any atom is -0.386 e. The molecule has 1 heterocycles. The molecule has 1 unspecified atom stereocenters. The maximum absolute atomic E-state index is 10.6. The van der Waals surface area contributed by atoms with Crippen molar-refractivity contribution >= 4 is 5.82 Å². The fourth-order valence-corrected chi connectivity index (χ4v) is 2.41. The first-order chi connectivity index (χ1) is 8.34. The van der Waals surface area contributed by atoms with Gasteiger partial charge in [-0.1, -0.05) is 13.8 Å². The summed E-state index contributed by atoms with van der Waals surface area (Å²) in [7, 11) is 0. The van der Waals surface area contributed by atoms with E-state index in [-0.39, 0.29) is 5.54 Å². The molecule has 0 radical (unpaired) electrons. The van der Waals surface area contributed by atoms with Gasteiger partial charge in [0, 0.05) is 17.3 Å². The zero-order valence-electron chi connectivity index (χ0n) is 12.1. The van der Waals surface area contributed by atoms with Gasteiger partial charge in [0.2, 0.25) is 0 Å². The van der Waals surface area contributed by atoms with Gasteiger partial charge in [-0.05, 0) is 45.5 Å². The first-order valence-corrected chi connectivity index (χ1v) is 6.49. The highest BCUT2D eigenvalue weighted by molar-refractivity contribution is 5.43. The van der Waals surface area contributed by atoms with Gasteiger partial charge in [0.05, 0.1) is 0 Å². The number of nitrogen functional groups attached to an aromatic ring is 1. The van der Waals surface area contributed by atoms with Crippen LogP contribution < -0.4 is 5.73 Å². The van der Waals surface area contributed by atoms with E-state index in [4.69, 9.17) is 5.73 Å². The number of pyridine rings is 1. The Morgan fingerprint density at radius 1 is 1.39 bits per heavy atom. The van der Waals surface area contributed by atoms with Crippen LogP contribution in [-0.2, 0) is 0 Å². The molecule has 4 heteroatoms. The lowest BCUT2D eigenvalue weighted by atomic mass is 9.89. The zero-order valence-corrected chi connectivity index (χ0v) is 12.1. The van der Waals surface area contributed by atoms with Crippen LogP contribution in [-0.4, -0.2) is 33.6 Å². The Morgan fingerprint density at radius 2 is 1.94 bits per heavy atom. The topological polar surface area (TPSA) is 62.4 Å². The minimum absolute atomic E-state index is 0.368. The summed E-state index contributed by atoms with van der Waals surface area (Å²) in [5, 5.41) is 10.6. The molecule has 0 saturated heterocycles. The SMILES string of the molecule is CCN(CC)C(C)(C)C(O)c1cc(C)cnc1N. The van der Waals surface area contributed by atoms with Crippen LogP contribution in [0.4, 0.5) is 5.82 Å². The Bertz CT molecular complexity index is 400. The third-order valence-corrected chi connectivity index (χ3v) is 3.63. The van der Waals surface area contributed by atoms with Crippen molar-refractivity contribution in [3.05, 3.63) is 23.4 Å². The van der Waals surface area contributed by atoms with Gasteiger partial charge in [0.15, 0.2) is 0 Å². The van der Waals surface area contributed by atoms with Gasteiger partial charge < -0.3 is 10.8 Å². The summed E-state index contributed by atoms with van der Waals surface area (Å²) in [5.41, 5.74) is 7.24. The van der Waals surface area contributed by atoms with Gasteiger partial charge in [-0.2, -0.15) is 0 Å². The first-order valence-electron chi connectivity index (χ1n) is 6.49. The molecule has 0 aliphatic heterocycles. The maximum Gasteiger partial charge on any atom is 0.129 e. The molecule has 0 aromatic carbocycles. The summed E-state index contributed by atoms with van der Waals surface area (Å²) < 4.78 is 0. The molecule has 3 N–H and O–H groups in total. The standard InChI is InChI=1S/C14H25N3O/c1-6-17(7-2)14(4,5)12(18)11-8-10(3)9-16-13(11)15/h8-9,12,18H,6-7H2,1-5H3,(H2,15,16). The molecular formula is C14H25N3O. The number of nitrogens with zero attached hydrogens (tertiary/aromatic N) is 2. The van der Waals surface area contributed by atoms with Crippen molar-refractivity contribution < 1.29 is 5.11 Å². The molecule has 0 spiro atoms. The number of aryl methyl sites for hydroxylation is 1. The highest BCUT2D eigenvalue weighted by Gasteiger charge is 2.35. The molecule has 18 heavy (non-hydrogen) atoms. The van der Waals surface area contributed by atoms with Crippen molar-refractivity contribution in [2.24, 2.45) is 0 Å². The van der Waals surface area contributed by atoms with E-state index in [0.717, 1.165) is 18.7 Å². The largest absolute Gasteiger partial charge is 0.386 e. The fraction of sp³-hybridized carbons (Fsp3) is 0.643. The van der Waals surface area contributed by atoms with Crippen molar-refractivity contribution in [2.75, 3.05) is 18.8 Å². The fourth-order valence-electron chi connectivity index (χ4n) is 2.41. The molecule has 1 aromatic heterocycles. The summed E-state index contributed by atoms with van der Waals surface area (Å²) in [4.78, 5) is 6.35. The van der Waals surface area contributed by atoms with Gasteiger partial charge in [-0.15, -0.1) is 0 Å². The van der Waals surface area contributed by atoms with E-state index in [0.29, 0.717) is 11.4 Å². The second-order valence-corrected chi connectivity index (χ2v) is 5.22. The van der Waals surface area contributed by atoms with Crippen LogP contribution in [0.3, 0.4) is 0 Å². The van der Waals surface area contributed by atoms with Crippen molar-refractivity contribution in [3.63, 3.8) is 0 Å². The maximum atomic E-state index is 10.6. The highest BCUT2D eigenvalue weighted by atomic mass is 16.3. The third-order valence-electron chi connectivity index (χ3n) is 3.63. The molecule has 102 valence electrons. The molecule has 0 bridgehead atoms. The average Bonchev–Trinajstić information content (AvgIpc) is 2.32. The van der Waals surface area contributed by atoms with Crippen molar-refractivity contribution in [1.29, 1.82) is 0 Å². The molecule has 0 aliphatic carbocycles. The van der Waals surface area contributed by atoms with Crippen LogP contribution >= 0.6 is 0 Å². The van der Waals surface area contributed by atoms with Crippen molar-refractivity contribution in [3.8, 4) is 0 Å². The summed E-state index contributed by atoms with van der Waals surface area (Å²) in [6.45, 7) is 12.0. The van der Waals surface area contributed by atoms with Crippen molar-refractivity contribution in [2.45, 2.75) is 46.3 Å². The molecule has 0 amide bonds. The van der Waals surface area contributed by atoms with Crippen LogP contribution in [0.25, 0.3) is 0 Å². The average molecular weight is 251 g/mol. The van der Waals surface area contributed by atoms with Gasteiger partial charge in [-0.3, -0.25) is 4.90 Å². The lowest BCUT2D eigenvalue weighted by Crippen LogP contribution is -2.48. The van der Waals surface area contributed by atoms with Crippen LogP contribution in [0.15, 0.2) is 12.3 Å². The van der Waals surface area contributed by atoms with E-state index < -0.39 is 6.10 Å². The van der Waals surface area contributed by atoms with Crippen LogP contribution in [0.1, 0.15) is 44.9 Å². The van der Waals surface area contributed by atoms with Gasteiger partial charge >= 0.3 is 0 Å². The Morgan fingerprint density at radius 3 is 2.44 bits per heavy atom. The Kier molecular flexibility index (Phi) is 4.71. The summed E-state index contributed by atoms with van der Waals surface area (Å²) in [5.74, 6) is 0.410. The van der Waals surface area contributed by atoms with Crippen LogP contribution in [0, 0.1) is 6.92 Å². The second-order valence-electron chi connectivity index (χ2n) is 5.22. The molecule has 0 saturated carbocycles. The number of rotatable bonds is 5. The quantitative estimate of drug-likeness (QED) is 0.841. The number of hydrogen-bond acceptors (Lipinski definition) is 4. The molecule has 0 fully saturated rings. The highest BCUT2D eigenvalue weighted by Crippen LogP contribution is 2.33. The molecular weight excluding hydrogens is 226 g/mol. The van der Waals surface area contributed by atoms with Crippen LogP contribution in [0.5, 0.6) is 0 Å². The predicted octanol–water partition coefficient (Wildman–Crippen LogP) is 2.13. The molecule has 1 rings (SSSR count). The molecule has 0 aliphatic rings. The summed E-state index contributed by atoms with van der Waals surface area (Å²) in [6, 6.07) is 1.91. The minimum atomic E-state index is -0.648. The number of aliphatic hydroxyl groups excluding tert-OH is 1. The molecule has 1 aromatic rings. The number of anilines is 1. The van der Waals surface area contributed by atoms with E-state index >= 15 is 0 Å². The van der Waals surface area contributed by atoms with E-state index in [9.17, 15) is 5.11 Å². The van der Waals surface area contributed by atoms with E-state index in [2.05, 4.69) is 23.7 Å². The molecule has 1 atom stereocenters. The number of aliphatic hydroxyl groups is 1. The zero-order chi connectivity index (χ0) is 13.9.